The summed E-state index contributed by atoms with van der Waals surface area (Å²) in [6.07, 6.45) is 1.07. The van der Waals surface area contributed by atoms with Crippen LogP contribution in [-0.2, 0) is 11.3 Å². The topological polar surface area (TPSA) is 82.8 Å². The summed E-state index contributed by atoms with van der Waals surface area (Å²) in [5.74, 6) is -1.45. The first-order valence-corrected chi connectivity index (χ1v) is 6.80. The number of aliphatic carboxylic acids is 1. The van der Waals surface area contributed by atoms with Gasteiger partial charge in [0.25, 0.3) is 5.91 Å². The zero-order valence-corrected chi connectivity index (χ0v) is 12.0. The number of amides is 1. The molecule has 7 heteroatoms. The number of rotatable bonds is 3. The second kappa shape index (κ2) is 5.34. The minimum atomic E-state index is -1.08. The molecule has 1 aromatic rings. The maximum atomic E-state index is 12.4. The lowest BCUT2D eigenvalue weighted by molar-refractivity contribution is -0.141. The first kappa shape index (κ1) is 14.1. The van der Waals surface area contributed by atoms with Crippen molar-refractivity contribution in [3.63, 3.8) is 0 Å². The van der Waals surface area contributed by atoms with Crippen LogP contribution in [0.15, 0.2) is 16.7 Å². The van der Waals surface area contributed by atoms with Crippen molar-refractivity contribution in [2.24, 2.45) is 0 Å². The Morgan fingerprint density at radius 2 is 2.21 bits per heavy atom. The predicted octanol–water partition coefficient (Wildman–Crippen LogP) is 0.930. The molecular formula is C12H15BrN2O4. The highest BCUT2D eigenvalue weighted by molar-refractivity contribution is 9.10. The van der Waals surface area contributed by atoms with Gasteiger partial charge in [0.1, 0.15) is 11.7 Å². The van der Waals surface area contributed by atoms with Crippen LogP contribution in [0.1, 0.15) is 23.8 Å². The van der Waals surface area contributed by atoms with Crippen LogP contribution >= 0.6 is 15.9 Å². The molecule has 104 valence electrons. The quantitative estimate of drug-likeness (QED) is 0.863. The monoisotopic (exact) mass is 330 g/mol. The standard InChI is InChI=1S/C12H15BrN2O4/c1-2-14-5-7(13)3-9(14)11(17)15-6-8(16)4-10(15)12(18)19/h3,5,8,10,16H,2,4,6H2,1H3,(H,18,19)/t8-,10-/m1/s1. The van der Waals surface area contributed by atoms with Crippen LogP contribution in [0.25, 0.3) is 0 Å². The molecule has 1 aromatic heterocycles. The fourth-order valence-electron chi connectivity index (χ4n) is 2.33. The number of aliphatic hydroxyl groups excluding tert-OH is 1. The first-order valence-electron chi connectivity index (χ1n) is 6.01. The Labute approximate surface area is 118 Å². The number of nitrogens with zero attached hydrogens (tertiary/aromatic N) is 2. The Hall–Kier alpha value is -1.34. The van der Waals surface area contributed by atoms with Gasteiger partial charge < -0.3 is 19.7 Å². The summed E-state index contributed by atoms with van der Waals surface area (Å²) in [5, 5.41) is 18.7. The largest absolute Gasteiger partial charge is 0.480 e. The summed E-state index contributed by atoms with van der Waals surface area (Å²) in [5.41, 5.74) is 0.426. The maximum Gasteiger partial charge on any atom is 0.326 e. The van der Waals surface area contributed by atoms with Crippen LogP contribution in [0.4, 0.5) is 0 Å². The third-order valence-corrected chi connectivity index (χ3v) is 3.68. The molecule has 0 radical (unpaired) electrons. The number of β-amino-alcohol motifs (C(OH)–C–C–N with tert-alkyl or cyclic N) is 1. The SMILES string of the molecule is CCn1cc(Br)cc1C(=O)N1C[C@H](O)C[C@@H]1C(=O)O. The lowest BCUT2D eigenvalue weighted by atomic mass is 10.2. The Bertz CT molecular complexity index is 514. The fourth-order valence-corrected chi connectivity index (χ4v) is 2.80. The van der Waals surface area contributed by atoms with Gasteiger partial charge in [-0.3, -0.25) is 4.79 Å². The lowest BCUT2D eigenvalue weighted by Crippen LogP contribution is -2.41. The number of halogens is 1. The van der Waals surface area contributed by atoms with E-state index >= 15 is 0 Å². The molecule has 1 saturated heterocycles. The van der Waals surface area contributed by atoms with Crippen LogP contribution < -0.4 is 0 Å². The predicted molar refractivity (Wildman–Crippen MR) is 70.9 cm³/mol. The molecule has 0 saturated carbocycles. The Morgan fingerprint density at radius 1 is 1.53 bits per heavy atom. The number of carbonyl (C=O) groups excluding carboxylic acids is 1. The van der Waals surface area contributed by atoms with Crippen molar-refractivity contribution in [2.75, 3.05) is 6.54 Å². The average molecular weight is 331 g/mol. The van der Waals surface area contributed by atoms with Crippen molar-refractivity contribution >= 4 is 27.8 Å². The van der Waals surface area contributed by atoms with E-state index in [0.29, 0.717) is 12.2 Å². The van der Waals surface area contributed by atoms with Crippen LogP contribution in [0.3, 0.4) is 0 Å². The molecule has 0 spiro atoms. The summed E-state index contributed by atoms with van der Waals surface area (Å²) < 4.78 is 2.51. The van der Waals surface area contributed by atoms with E-state index in [1.807, 2.05) is 6.92 Å². The van der Waals surface area contributed by atoms with Gasteiger partial charge in [0.2, 0.25) is 0 Å². The van der Waals surface area contributed by atoms with Crippen molar-refractivity contribution in [1.29, 1.82) is 0 Å². The van der Waals surface area contributed by atoms with Gasteiger partial charge in [-0.2, -0.15) is 0 Å². The van der Waals surface area contributed by atoms with Crippen LogP contribution in [-0.4, -0.2) is 50.2 Å². The summed E-state index contributed by atoms with van der Waals surface area (Å²) in [7, 11) is 0. The molecule has 0 aliphatic carbocycles. The van der Waals surface area contributed by atoms with Gasteiger partial charge in [-0.25, -0.2) is 4.79 Å². The van der Waals surface area contributed by atoms with Crippen molar-refractivity contribution in [3.8, 4) is 0 Å². The Balaban J connectivity index is 2.30. The number of likely N-dealkylation sites (tertiary alicyclic amines) is 1. The van der Waals surface area contributed by atoms with Gasteiger partial charge in [-0.1, -0.05) is 0 Å². The second-order valence-corrected chi connectivity index (χ2v) is 5.45. The third-order valence-electron chi connectivity index (χ3n) is 3.25. The van der Waals surface area contributed by atoms with Crippen molar-refractivity contribution in [3.05, 3.63) is 22.4 Å². The number of hydrogen-bond acceptors (Lipinski definition) is 3. The van der Waals surface area contributed by atoms with E-state index < -0.39 is 18.1 Å². The van der Waals surface area contributed by atoms with Crippen molar-refractivity contribution in [1.82, 2.24) is 9.47 Å². The van der Waals surface area contributed by atoms with E-state index in [2.05, 4.69) is 15.9 Å². The minimum absolute atomic E-state index is 0.0579. The first-order chi connectivity index (χ1) is 8.93. The maximum absolute atomic E-state index is 12.4. The normalized spacial score (nSPS) is 22.8. The van der Waals surface area contributed by atoms with Crippen LogP contribution in [0.5, 0.6) is 0 Å². The smallest absolute Gasteiger partial charge is 0.326 e. The molecule has 2 atom stereocenters. The zero-order valence-electron chi connectivity index (χ0n) is 10.4. The zero-order chi connectivity index (χ0) is 14.2. The van der Waals surface area contributed by atoms with Gasteiger partial charge in [-0.15, -0.1) is 0 Å². The van der Waals surface area contributed by atoms with Gasteiger partial charge in [0, 0.05) is 30.2 Å². The number of hydrogen-bond donors (Lipinski definition) is 2. The number of carboxylic acids is 1. The number of aliphatic hydroxyl groups is 1. The highest BCUT2D eigenvalue weighted by atomic mass is 79.9. The molecule has 1 aliphatic rings. The van der Waals surface area contributed by atoms with Crippen LogP contribution in [0.2, 0.25) is 0 Å². The molecule has 0 aromatic carbocycles. The van der Waals surface area contributed by atoms with E-state index in [1.54, 1.807) is 16.8 Å². The summed E-state index contributed by atoms with van der Waals surface area (Å²) in [6, 6.07) is 0.705. The molecule has 1 amide bonds. The van der Waals surface area contributed by atoms with Gasteiger partial charge in [0.15, 0.2) is 0 Å². The molecule has 0 unspecified atom stereocenters. The molecule has 0 bridgehead atoms. The summed E-state index contributed by atoms with van der Waals surface area (Å²) in [4.78, 5) is 24.8. The summed E-state index contributed by atoms with van der Waals surface area (Å²) in [6.45, 7) is 2.57. The van der Waals surface area contributed by atoms with Crippen molar-refractivity contribution in [2.45, 2.75) is 32.0 Å². The van der Waals surface area contributed by atoms with E-state index in [-0.39, 0.29) is 18.9 Å². The van der Waals surface area contributed by atoms with E-state index in [9.17, 15) is 14.7 Å². The molecule has 2 N–H and O–H groups in total. The van der Waals surface area contributed by atoms with E-state index in [0.717, 1.165) is 4.47 Å². The number of carboxylic acid groups (broad SMARTS) is 1. The van der Waals surface area contributed by atoms with Gasteiger partial charge in [-0.05, 0) is 28.9 Å². The Kier molecular flexibility index (Phi) is 3.96. The van der Waals surface area contributed by atoms with E-state index in [1.165, 1.54) is 4.90 Å². The van der Waals surface area contributed by atoms with E-state index in [4.69, 9.17) is 5.11 Å². The molecule has 2 rings (SSSR count). The minimum Gasteiger partial charge on any atom is -0.480 e. The molecule has 2 heterocycles. The number of aryl methyl sites for hydroxylation is 1. The summed E-state index contributed by atoms with van der Waals surface area (Å²) >= 11 is 3.30. The lowest BCUT2D eigenvalue weighted by Gasteiger charge is -2.21. The van der Waals surface area contributed by atoms with Crippen LogP contribution in [0, 0.1) is 0 Å². The second-order valence-electron chi connectivity index (χ2n) is 4.53. The molecular weight excluding hydrogens is 316 g/mol. The molecule has 6 nitrogen and oxygen atoms in total. The Morgan fingerprint density at radius 3 is 2.79 bits per heavy atom. The van der Waals surface area contributed by atoms with Gasteiger partial charge in [0.05, 0.1) is 6.10 Å². The molecule has 1 fully saturated rings. The molecule has 19 heavy (non-hydrogen) atoms. The highest BCUT2D eigenvalue weighted by Crippen LogP contribution is 2.23. The average Bonchev–Trinajstić information content (AvgIpc) is 2.91. The number of aromatic nitrogens is 1. The molecule has 1 aliphatic heterocycles. The van der Waals surface area contributed by atoms with Crippen molar-refractivity contribution < 1.29 is 19.8 Å². The number of carbonyl (C=O) groups is 2. The highest BCUT2D eigenvalue weighted by Gasteiger charge is 2.39. The fraction of sp³-hybridized carbons (Fsp3) is 0.500. The van der Waals surface area contributed by atoms with Gasteiger partial charge >= 0.3 is 5.97 Å². The third kappa shape index (κ3) is 2.66.